The number of rotatable bonds is 7. The highest BCUT2D eigenvalue weighted by molar-refractivity contribution is 6.33. The molecule has 1 atom stereocenters. The average molecular weight is 377 g/mol. The monoisotopic (exact) mass is 376 g/mol. The molecule has 0 aromatic heterocycles. The molecular weight excluding hydrogens is 354 g/mol. The molecule has 0 fully saturated rings. The van der Waals surface area contributed by atoms with Gasteiger partial charge in [0.05, 0.1) is 30.6 Å². The van der Waals surface area contributed by atoms with Crippen LogP contribution in [0.3, 0.4) is 0 Å². The largest absolute Gasteiger partial charge is 0.495 e. The summed E-state index contributed by atoms with van der Waals surface area (Å²) < 4.78 is 5.25. The van der Waals surface area contributed by atoms with Crippen LogP contribution in [0.1, 0.15) is 5.56 Å². The first-order chi connectivity index (χ1) is 12.4. The van der Waals surface area contributed by atoms with Crippen LogP contribution in [0, 0.1) is 6.92 Å². The van der Waals surface area contributed by atoms with Gasteiger partial charge in [0, 0.05) is 0 Å². The molecule has 0 heterocycles. The number of halogens is 1. The number of benzene rings is 2. The number of ether oxygens (including phenoxy) is 1. The van der Waals surface area contributed by atoms with Crippen LogP contribution < -0.4 is 20.3 Å². The van der Waals surface area contributed by atoms with Crippen LogP contribution in [0.25, 0.3) is 0 Å². The van der Waals surface area contributed by atoms with Crippen LogP contribution in [-0.4, -0.2) is 39.1 Å². The summed E-state index contributed by atoms with van der Waals surface area (Å²) in [5.41, 5.74) is 2.19. The van der Waals surface area contributed by atoms with Crippen LogP contribution in [0.15, 0.2) is 42.5 Å². The molecule has 26 heavy (non-hydrogen) atoms. The fourth-order valence-corrected chi connectivity index (χ4v) is 2.66. The van der Waals surface area contributed by atoms with Crippen molar-refractivity contribution >= 4 is 34.8 Å². The minimum Gasteiger partial charge on any atom is -0.495 e. The lowest BCUT2D eigenvalue weighted by Gasteiger charge is -2.15. The summed E-state index contributed by atoms with van der Waals surface area (Å²) in [6.45, 7) is 2.22. The summed E-state index contributed by atoms with van der Waals surface area (Å²) >= 11 is 6.02. The molecule has 0 aliphatic carbocycles. The van der Waals surface area contributed by atoms with E-state index in [0.29, 0.717) is 22.1 Å². The molecule has 0 spiro atoms. The van der Waals surface area contributed by atoms with Gasteiger partial charge in [-0.25, -0.2) is 0 Å². The number of carbonyl (C=O) groups excluding carboxylic acids is 2. The number of aryl methyl sites for hydroxylation is 1. The molecule has 2 aromatic carbocycles. The zero-order valence-electron chi connectivity index (χ0n) is 15.1. The predicted octanol–water partition coefficient (Wildman–Crippen LogP) is 1.75. The molecule has 6 nitrogen and oxygen atoms in total. The normalized spacial score (nSPS) is 11.5. The van der Waals surface area contributed by atoms with Crippen molar-refractivity contribution in [3.63, 3.8) is 0 Å². The van der Waals surface area contributed by atoms with Crippen molar-refractivity contribution in [1.29, 1.82) is 0 Å². The number of amides is 2. The van der Waals surface area contributed by atoms with E-state index >= 15 is 0 Å². The molecule has 1 unspecified atom stereocenters. The molecule has 3 N–H and O–H groups in total. The standard InChI is InChI=1S/C19H22ClN3O3/c1-13-8-9-17(26-3)16(10-13)22-19(25)12-23(2)11-18(24)21-15-7-5-4-6-14(15)20/h4-10H,11-12H2,1-3H3,(H,21,24)(H,22,25)/p+1. The Hall–Kier alpha value is -2.57. The maximum absolute atomic E-state index is 12.3. The number of para-hydroxylation sites is 1. The van der Waals surface area contributed by atoms with Crippen molar-refractivity contribution in [2.24, 2.45) is 0 Å². The lowest BCUT2D eigenvalue weighted by atomic mass is 10.2. The quantitative estimate of drug-likeness (QED) is 0.689. The van der Waals surface area contributed by atoms with Crippen LogP contribution >= 0.6 is 11.6 Å². The minimum atomic E-state index is -0.212. The highest BCUT2D eigenvalue weighted by Gasteiger charge is 2.16. The first-order valence-corrected chi connectivity index (χ1v) is 8.57. The second-order valence-corrected chi connectivity index (χ2v) is 6.50. The Bertz CT molecular complexity index is 795. The molecule has 2 rings (SSSR count). The molecule has 0 bridgehead atoms. The summed E-state index contributed by atoms with van der Waals surface area (Å²) in [6.07, 6.45) is 0. The number of hydrogen-bond donors (Lipinski definition) is 3. The number of carbonyl (C=O) groups is 2. The summed E-state index contributed by atoms with van der Waals surface area (Å²) in [6, 6.07) is 12.6. The second kappa shape index (κ2) is 9.22. The number of anilines is 2. The highest BCUT2D eigenvalue weighted by atomic mass is 35.5. The lowest BCUT2D eigenvalue weighted by molar-refractivity contribution is -0.862. The summed E-state index contributed by atoms with van der Waals surface area (Å²) in [5.74, 6) is 0.187. The Morgan fingerprint density at radius 2 is 1.65 bits per heavy atom. The molecule has 7 heteroatoms. The van der Waals surface area contributed by atoms with E-state index < -0.39 is 0 Å². The van der Waals surface area contributed by atoms with Gasteiger partial charge in [0.2, 0.25) is 0 Å². The molecule has 2 aromatic rings. The van der Waals surface area contributed by atoms with Crippen molar-refractivity contribution in [3.8, 4) is 5.75 Å². The van der Waals surface area contributed by atoms with Crippen LogP contribution in [0.5, 0.6) is 5.75 Å². The Morgan fingerprint density at radius 3 is 2.27 bits per heavy atom. The summed E-state index contributed by atoms with van der Waals surface area (Å²) in [7, 11) is 3.33. The van der Waals surface area contributed by atoms with Gasteiger partial charge in [0.25, 0.3) is 11.8 Å². The summed E-state index contributed by atoms with van der Waals surface area (Å²) in [4.78, 5) is 25.1. The average Bonchev–Trinajstić information content (AvgIpc) is 2.56. The lowest BCUT2D eigenvalue weighted by Crippen LogP contribution is -3.11. The van der Waals surface area contributed by atoms with Crippen molar-refractivity contribution in [2.45, 2.75) is 6.92 Å². The topological polar surface area (TPSA) is 71.9 Å². The van der Waals surface area contributed by atoms with Gasteiger partial charge >= 0.3 is 0 Å². The number of methoxy groups -OCH3 is 1. The van der Waals surface area contributed by atoms with E-state index in [0.717, 1.165) is 10.5 Å². The smallest absolute Gasteiger partial charge is 0.279 e. The Balaban J connectivity index is 1.88. The van der Waals surface area contributed by atoms with Gasteiger partial charge in [-0.15, -0.1) is 0 Å². The van der Waals surface area contributed by atoms with Crippen molar-refractivity contribution in [2.75, 3.05) is 37.9 Å². The van der Waals surface area contributed by atoms with E-state index in [1.54, 1.807) is 44.5 Å². The van der Waals surface area contributed by atoms with Crippen LogP contribution in [0.4, 0.5) is 11.4 Å². The Kier molecular flexibility index (Phi) is 7.00. The van der Waals surface area contributed by atoms with Crippen molar-refractivity contribution < 1.29 is 19.2 Å². The highest BCUT2D eigenvalue weighted by Crippen LogP contribution is 2.24. The third-order valence-electron chi connectivity index (χ3n) is 3.70. The third kappa shape index (κ3) is 5.75. The zero-order valence-corrected chi connectivity index (χ0v) is 15.8. The first kappa shape index (κ1) is 19.8. The van der Waals surface area contributed by atoms with Gasteiger partial charge < -0.3 is 20.3 Å². The van der Waals surface area contributed by atoms with Gasteiger partial charge in [0.15, 0.2) is 13.1 Å². The van der Waals surface area contributed by atoms with Gasteiger partial charge in [-0.1, -0.05) is 29.8 Å². The van der Waals surface area contributed by atoms with E-state index in [9.17, 15) is 9.59 Å². The van der Waals surface area contributed by atoms with Crippen molar-refractivity contribution in [3.05, 3.63) is 53.1 Å². The maximum Gasteiger partial charge on any atom is 0.279 e. The number of quaternary nitrogens is 1. The molecule has 0 saturated heterocycles. The fraction of sp³-hybridized carbons (Fsp3) is 0.263. The molecule has 138 valence electrons. The number of hydrogen-bond acceptors (Lipinski definition) is 3. The molecule has 0 aliphatic heterocycles. The first-order valence-electron chi connectivity index (χ1n) is 8.19. The van der Waals surface area contributed by atoms with E-state index in [-0.39, 0.29) is 24.9 Å². The second-order valence-electron chi connectivity index (χ2n) is 6.09. The molecule has 0 saturated carbocycles. The Morgan fingerprint density at radius 1 is 1.04 bits per heavy atom. The predicted molar refractivity (Wildman–Crippen MR) is 103 cm³/mol. The molecule has 0 aliphatic rings. The van der Waals surface area contributed by atoms with Crippen molar-refractivity contribution in [1.82, 2.24) is 0 Å². The van der Waals surface area contributed by atoms with Crippen LogP contribution in [0.2, 0.25) is 5.02 Å². The fourth-order valence-electron chi connectivity index (χ4n) is 2.48. The van der Waals surface area contributed by atoms with Crippen LogP contribution in [-0.2, 0) is 9.59 Å². The van der Waals surface area contributed by atoms with Gasteiger partial charge in [-0.3, -0.25) is 9.59 Å². The third-order valence-corrected chi connectivity index (χ3v) is 4.03. The molecular formula is C19H23ClN3O3+. The zero-order chi connectivity index (χ0) is 19.1. The Labute approximate surface area is 158 Å². The molecule has 0 radical (unpaired) electrons. The number of likely N-dealkylation sites (N-methyl/N-ethyl adjacent to an activating group) is 1. The van der Waals surface area contributed by atoms with E-state index in [1.807, 2.05) is 19.1 Å². The minimum absolute atomic E-state index is 0.142. The number of nitrogens with one attached hydrogen (secondary N) is 3. The van der Waals surface area contributed by atoms with Gasteiger partial charge in [-0.05, 0) is 36.8 Å². The van der Waals surface area contributed by atoms with E-state index in [4.69, 9.17) is 16.3 Å². The summed E-state index contributed by atoms with van der Waals surface area (Å²) in [5, 5.41) is 6.05. The van der Waals surface area contributed by atoms with Gasteiger partial charge in [0.1, 0.15) is 5.75 Å². The van der Waals surface area contributed by atoms with Gasteiger partial charge in [-0.2, -0.15) is 0 Å². The molecule has 2 amide bonds. The maximum atomic E-state index is 12.3. The van der Waals surface area contributed by atoms with E-state index in [2.05, 4.69) is 10.6 Å². The SMILES string of the molecule is COc1ccc(C)cc1NC(=O)C[NH+](C)CC(=O)Nc1ccccc1Cl. The van der Waals surface area contributed by atoms with E-state index in [1.165, 1.54) is 0 Å².